The fraction of sp³-hybridized carbons (Fsp3) is 0.600. The number of likely N-dealkylation sites (tertiary alicyclic amines) is 1. The van der Waals surface area contributed by atoms with Crippen LogP contribution in [-0.2, 0) is 6.54 Å². The minimum Gasteiger partial charge on any atom is -0.495 e. The fourth-order valence-electron chi connectivity index (χ4n) is 4.66. The molecule has 2 aliphatic rings. The summed E-state index contributed by atoms with van der Waals surface area (Å²) in [4.78, 5) is 20.6. The molecule has 6 heteroatoms. The van der Waals surface area contributed by atoms with Gasteiger partial charge in [0.05, 0.1) is 23.0 Å². The van der Waals surface area contributed by atoms with Gasteiger partial charge in [0.2, 0.25) is 0 Å². The number of benzene rings is 1. The zero-order valence-electron chi connectivity index (χ0n) is 15.7. The predicted octanol–water partition coefficient (Wildman–Crippen LogP) is 3.67. The molecule has 0 spiro atoms. The van der Waals surface area contributed by atoms with Crippen molar-refractivity contribution in [1.82, 2.24) is 14.5 Å². The summed E-state index contributed by atoms with van der Waals surface area (Å²) in [6.07, 6.45) is 3.27. The van der Waals surface area contributed by atoms with Crippen LogP contribution in [0, 0.1) is 5.92 Å². The van der Waals surface area contributed by atoms with Crippen LogP contribution in [0.15, 0.2) is 16.9 Å². The summed E-state index contributed by atoms with van der Waals surface area (Å²) in [5.41, 5.74) is 0.707. The van der Waals surface area contributed by atoms with Crippen LogP contribution in [0.25, 0.3) is 10.9 Å². The third-order valence-corrected chi connectivity index (χ3v) is 6.03. The first-order chi connectivity index (χ1) is 12.5. The largest absolute Gasteiger partial charge is 0.495 e. The molecule has 1 fully saturated rings. The van der Waals surface area contributed by atoms with Crippen LogP contribution in [0.3, 0.4) is 0 Å². The lowest BCUT2D eigenvalue weighted by atomic mass is 9.83. The van der Waals surface area contributed by atoms with E-state index in [1.54, 1.807) is 19.2 Å². The van der Waals surface area contributed by atoms with Gasteiger partial charge in [0.1, 0.15) is 11.6 Å². The Morgan fingerprint density at radius 3 is 2.85 bits per heavy atom. The van der Waals surface area contributed by atoms with Gasteiger partial charge < -0.3 is 4.74 Å². The lowest BCUT2D eigenvalue weighted by Gasteiger charge is -2.45. The summed E-state index contributed by atoms with van der Waals surface area (Å²) in [6, 6.07) is 3.97. The smallest absolute Gasteiger partial charge is 0.261 e. The summed E-state index contributed by atoms with van der Waals surface area (Å²) < 4.78 is 7.20. The molecule has 0 amide bonds. The highest BCUT2D eigenvalue weighted by atomic mass is 35.5. The average molecular weight is 376 g/mol. The molecule has 2 aromatic rings. The first-order valence-electron chi connectivity index (χ1n) is 9.51. The third-order valence-electron chi connectivity index (χ3n) is 5.73. The van der Waals surface area contributed by atoms with Crippen LogP contribution in [0.2, 0.25) is 5.02 Å². The van der Waals surface area contributed by atoms with Crippen molar-refractivity contribution >= 4 is 22.5 Å². The molecule has 0 radical (unpaired) electrons. The number of rotatable bonds is 3. The number of halogens is 1. The highest BCUT2D eigenvalue weighted by Crippen LogP contribution is 2.38. The van der Waals surface area contributed by atoms with Crippen LogP contribution in [0.5, 0.6) is 5.75 Å². The van der Waals surface area contributed by atoms with Gasteiger partial charge in [-0.2, -0.15) is 0 Å². The zero-order valence-corrected chi connectivity index (χ0v) is 16.4. The van der Waals surface area contributed by atoms with E-state index in [0.717, 1.165) is 44.7 Å². The van der Waals surface area contributed by atoms with Gasteiger partial charge in [-0.05, 0) is 37.8 Å². The summed E-state index contributed by atoms with van der Waals surface area (Å²) in [5, 5.41) is 1.03. The predicted molar refractivity (Wildman–Crippen MR) is 104 cm³/mol. The number of methoxy groups -OCH3 is 1. The van der Waals surface area contributed by atoms with Crippen molar-refractivity contribution in [2.75, 3.05) is 20.2 Å². The molecule has 1 aromatic heterocycles. The molecule has 5 nitrogen and oxygen atoms in total. The van der Waals surface area contributed by atoms with Gasteiger partial charge in [-0.15, -0.1) is 0 Å². The Labute approximate surface area is 158 Å². The number of hydrogen-bond acceptors (Lipinski definition) is 4. The number of nitrogens with zero attached hydrogens (tertiary/aromatic N) is 3. The van der Waals surface area contributed by atoms with E-state index in [9.17, 15) is 4.79 Å². The van der Waals surface area contributed by atoms with E-state index in [2.05, 4.69) is 18.7 Å². The molecule has 3 heterocycles. The zero-order chi connectivity index (χ0) is 18.4. The van der Waals surface area contributed by atoms with Crippen molar-refractivity contribution in [3.05, 3.63) is 33.3 Å². The van der Waals surface area contributed by atoms with E-state index in [1.165, 1.54) is 0 Å². The third kappa shape index (κ3) is 2.91. The molecule has 26 heavy (non-hydrogen) atoms. The van der Waals surface area contributed by atoms with Crippen LogP contribution in [-0.4, -0.2) is 40.7 Å². The van der Waals surface area contributed by atoms with Crippen LogP contribution >= 0.6 is 11.6 Å². The highest BCUT2D eigenvalue weighted by molar-refractivity contribution is 6.32. The standard InChI is InChI=1S/C20H26ClN3O2/c1-12(2)11-23-7-4-5-13-17(23)6-8-24-19(13)22-16-10-18(26-3)15(21)9-14(16)20(24)25/h9-10,12-13,17H,4-8,11H2,1-3H3/t13-,17+/m1/s1. The maximum atomic E-state index is 13.1. The Hall–Kier alpha value is -1.59. The van der Waals surface area contributed by atoms with Crippen molar-refractivity contribution in [3.63, 3.8) is 0 Å². The first kappa shape index (κ1) is 17.8. The Balaban J connectivity index is 1.82. The number of ether oxygens (including phenoxy) is 1. The SMILES string of the molecule is COc1cc2nc3n(c(=O)c2cc1Cl)CC[C@H]1[C@H]3CCCN1CC(C)C. The lowest BCUT2D eigenvalue weighted by molar-refractivity contribution is 0.0845. The van der Waals surface area contributed by atoms with Gasteiger partial charge in [-0.3, -0.25) is 14.3 Å². The average Bonchev–Trinajstić information content (AvgIpc) is 2.62. The maximum Gasteiger partial charge on any atom is 0.261 e. The van der Waals surface area contributed by atoms with Crippen molar-refractivity contribution < 1.29 is 4.74 Å². The van der Waals surface area contributed by atoms with E-state index in [1.807, 2.05) is 4.57 Å². The fourth-order valence-corrected chi connectivity index (χ4v) is 4.91. The van der Waals surface area contributed by atoms with Gasteiger partial charge in [0, 0.05) is 31.1 Å². The number of piperidine rings is 1. The Morgan fingerprint density at radius 1 is 1.31 bits per heavy atom. The van der Waals surface area contributed by atoms with Crippen LogP contribution in [0.1, 0.15) is 44.9 Å². The van der Waals surface area contributed by atoms with E-state index < -0.39 is 0 Å². The van der Waals surface area contributed by atoms with Crippen molar-refractivity contribution in [2.24, 2.45) is 5.92 Å². The van der Waals surface area contributed by atoms with Gasteiger partial charge in [-0.1, -0.05) is 25.4 Å². The van der Waals surface area contributed by atoms with Crippen molar-refractivity contribution in [1.29, 1.82) is 0 Å². The van der Waals surface area contributed by atoms with Crippen LogP contribution < -0.4 is 10.3 Å². The number of aromatic nitrogens is 2. The molecule has 140 valence electrons. The second-order valence-electron chi connectivity index (χ2n) is 7.92. The molecule has 2 aliphatic heterocycles. The molecule has 4 rings (SSSR count). The number of fused-ring (bicyclic) bond motifs is 4. The first-order valence-corrected chi connectivity index (χ1v) is 9.89. The van der Waals surface area contributed by atoms with Crippen molar-refractivity contribution in [2.45, 2.75) is 51.6 Å². The summed E-state index contributed by atoms with van der Waals surface area (Å²) in [5.74, 6) is 2.48. The molecular formula is C20H26ClN3O2. The Morgan fingerprint density at radius 2 is 2.12 bits per heavy atom. The Bertz CT molecular complexity index is 893. The van der Waals surface area contributed by atoms with Gasteiger partial charge in [0.25, 0.3) is 5.56 Å². The number of hydrogen-bond donors (Lipinski definition) is 0. The minimum atomic E-state index is 0.0222. The molecule has 0 N–H and O–H groups in total. The molecule has 0 bridgehead atoms. The molecule has 0 saturated carbocycles. The normalized spacial score (nSPS) is 23.1. The highest BCUT2D eigenvalue weighted by Gasteiger charge is 2.38. The second kappa shape index (κ2) is 6.86. The molecular weight excluding hydrogens is 350 g/mol. The molecule has 1 saturated heterocycles. The summed E-state index contributed by atoms with van der Waals surface area (Å²) in [7, 11) is 1.58. The molecule has 2 atom stereocenters. The maximum absolute atomic E-state index is 13.1. The Kier molecular flexibility index (Phi) is 4.70. The van der Waals surface area contributed by atoms with E-state index in [0.29, 0.717) is 39.6 Å². The van der Waals surface area contributed by atoms with E-state index in [-0.39, 0.29) is 5.56 Å². The van der Waals surface area contributed by atoms with Gasteiger partial charge in [-0.25, -0.2) is 4.98 Å². The summed E-state index contributed by atoms with van der Waals surface area (Å²) >= 11 is 6.23. The molecule has 0 unspecified atom stereocenters. The quantitative estimate of drug-likeness (QED) is 0.821. The topological polar surface area (TPSA) is 47.4 Å². The van der Waals surface area contributed by atoms with E-state index >= 15 is 0 Å². The monoisotopic (exact) mass is 375 g/mol. The molecule has 1 aromatic carbocycles. The van der Waals surface area contributed by atoms with E-state index in [4.69, 9.17) is 21.3 Å². The van der Waals surface area contributed by atoms with Gasteiger partial charge >= 0.3 is 0 Å². The van der Waals surface area contributed by atoms with Gasteiger partial charge in [0.15, 0.2) is 0 Å². The van der Waals surface area contributed by atoms with Crippen molar-refractivity contribution in [3.8, 4) is 5.75 Å². The minimum absolute atomic E-state index is 0.0222. The van der Waals surface area contributed by atoms with Crippen LogP contribution in [0.4, 0.5) is 0 Å². The summed E-state index contributed by atoms with van der Waals surface area (Å²) in [6.45, 7) is 7.54. The lowest BCUT2D eigenvalue weighted by Crippen LogP contribution is -2.50. The molecule has 0 aliphatic carbocycles. The second-order valence-corrected chi connectivity index (χ2v) is 8.33.